The Morgan fingerprint density at radius 2 is 1.62 bits per heavy atom. The highest BCUT2D eigenvalue weighted by Gasteiger charge is 2.21. The summed E-state index contributed by atoms with van der Waals surface area (Å²) in [6.45, 7) is 6.94. The lowest BCUT2D eigenvalue weighted by molar-refractivity contribution is -0.120. The first-order valence-electron chi connectivity index (χ1n) is 12.9. The van der Waals surface area contributed by atoms with Crippen molar-refractivity contribution < 1.29 is 23.4 Å². The second-order valence-electron chi connectivity index (χ2n) is 10.7. The van der Waals surface area contributed by atoms with Crippen molar-refractivity contribution in [3.63, 3.8) is 0 Å². The van der Waals surface area contributed by atoms with Crippen LogP contribution in [0.5, 0.6) is 5.75 Å². The number of phenols is 1. The fourth-order valence-electron chi connectivity index (χ4n) is 4.37. The fraction of sp³-hybridized carbons (Fsp3) is 0.367. The summed E-state index contributed by atoms with van der Waals surface area (Å²) < 4.78 is 25.3. The summed E-state index contributed by atoms with van der Waals surface area (Å²) in [7, 11) is -3.57. The molecule has 3 aromatic carbocycles. The van der Waals surface area contributed by atoms with Crippen LogP contribution in [0.4, 0.5) is 5.69 Å². The molecule has 3 rings (SSSR count). The van der Waals surface area contributed by atoms with Crippen LogP contribution in [-0.2, 0) is 27.7 Å². The van der Waals surface area contributed by atoms with Gasteiger partial charge in [0.2, 0.25) is 15.9 Å². The molecule has 1 amide bonds. The number of aromatic hydroxyl groups is 1. The van der Waals surface area contributed by atoms with E-state index < -0.39 is 16.1 Å². The maximum Gasteiger partial charge on any atom is 0.229 e. The Balaban J connectivity index is 1.53. The minimum Gasteiger partial charge on any atom is -0.506 e. The van der Waals surface area contributed by atoms with Gasteiger partial charge in [-0.15, -0.1) is 0 Å². The van der Waals surface area contributed by atoms with E-state index in [4.69, 9.17) is 0 Å². The summed E-state index contributed by atoms with van der Waals surface area (Å²) in [6.07, 6.45) is 1.04. The van der Waals surface area contributed by atoms with Crippen molar-refractivity contribution in [2.45, 2.75) is 51.2 Å². The van der Waals surface area contributed by atoms with Crippen LogP contribution in [0.25, 0.3) is 0 Å². The number of hydrogen-bond acceptors (Lipinski definition) is 6. The maximum absolute atomic E-state index is 12.6. The van der Waals surface area contributed by atoms with Crippen LogP contribution in [-0.4, -0.2) is 49.4 Å². The highest BCUT2D eigenvalue weighted by atomic mass is 32.2. The minimum absolute atomic E-state index is 0.0173. The number of amides is 1. The minimum atomic E-state index is -3.57. The molecule has 0 spiro atoms. The van der Waals surface area contributed by atoms with E-state index >= 15 is 0 Å². The van der Waals surface area contributed by atoms with Crippen LogP contribution in [0.3, 0.4) is 0 Å². The van der Waals surface area contributed by atoms with Gasteiger partial charge in [-0.05, 0) is 60.6 Å². The van der Waals surface area contributed by atoms with Crippen LogP contribution in [0.15, 0.2) is 72.8 Å². The first kappa shape index (κ1) is 30.1. The van der Waals surface area contributed by atoms with E-state index in [1.54, 1.807) is 6.07 Å². The number of rotatable bonds is 13. The van der Waals surface area contributed by atoms with Crippen molar-refractivity contribution >= 4 is 21.6 Å². The molecule has 210 valence electrons. The van der Waals surface area contributed by atoms with Gasteiger partial charge in [0, 0.05) is 18.6 Å². The Labute approximate surface area is 231 Å². The molecule has 0 aliphatic rings. The Bertz CT molecular complexity index is 1360. The largest absolute Gasteiger partial charge is 0.506 e. The molecule has 9 heteroatoms. The summed E-state index contributed by atoms with van der Waals surface area (Å²) in [5.41, 5.74) is 3.30. The second-order valence-corrected chi connectivity index (χ2v) is 12.5. The molecule has 3 aromatic rings. The van der Waals surface area contributed by atoms with Gasteiger partial charge in [-0.25, -0.2) is 8.42 Å². The zero-order chi connectivity index (χ0) is 28.6. The number of hydrogen-bond donors (Lipinski definition) is 5. The second kappa shape index (κ2) is 13.1. The van der Waals surface area contributed by atoms with Gasteiger partial charge in [-0.1, -0.05) is 67.6 Å². The van der Waals surface area contributed by atoms with Crippen LogP contribution < -0.4 is 15.4 Å². The third-order valence-electron chi connectivity index (χ3n) is 6.45. The SMILES string of the molecule is CC(CNC(=O)Cc1cccc(CC(C)(C)NC[C@H](O)c2ccc(O)c(NS(C)(=O)=O)c2)c1)c1ccccc1. The van der Waals surface area contributed by atoms with E-state index in [1.165, 1.54) is 17.7 Å². The van der Waals surface area contributed by atoms with E-state index in [0.717, 1.165) is 17.4 Å². The number of nitrogens with one attached hydrogen (secondary N) is 3. The molecule has 0 bridgehead atoms. The molecule has 0 radical (unpaired) electrons. The number of β-amino-alcohol motifs (C(OH)–C–C–N with tert-alkyl or cyclic N) is 1. The molecule has 0 aliphatic heterocycles. The van der Waals surface area contributed by atoms with Crippen molar-refractivity contribution in [3.8, 4) is 5.75 Å². The van der Waals surface area contributed by atoms with Crippen LogP contribution >= 0.6 is 0 Å². The van der Waals surface area contributed by atoms with E-state index in [0.29, 0.717) is 24.9 Å². The van der Waals surface area contributed by atoms with Gasteiger partial charge in [0.25, 0.3) is 0 Å². The maximum atomic E-state index is 12.6. The zero-order valence-corrected chi connectivity index (χ0v) is 23.8. The van der Waals surface area contributed by atoms with Crippen molar-refractivity contribution in [1.29, 1.82) is 0 Å². The number of benzene rings is 3. The third kappa shape index (κ3) is 10.0. The lowest BCUT2D eigenvalue weighted by atomic mass is 9.93. The van der Waals surface area contributed by atoms with Gasteiger partial charge >= 0.3 is 0 Å². The number of anilines is 1. The first-order valence-corrected chi connectivity index (χ1v) is 14.8. The van der Waals surface area contributed by atoms with Crippen molar-refractivity contribution in [2.24, 2.45) is 0 Å². The predicted octanol–water partition coefficient (Wildman–Crippen LogP) is 3.87. The van der Waals surface area contributed by atoms with Crippen LogP contribution in [0, 0.1) is 0 Å². The first-order chi connectivity index (χ1) is 18.3. The molecule has 0 aromatic heterocycles. The van der Waals surface area contributed by atoms with Crippen molar-refractivity contribution in [1.82, 2.24) is 10.6 Å². The number of carbonyl (C=O) groups is 1. The Morgan fingerprint density at radius 3 is 2.31 bits per heavy atom. The molecular weight excluding hydrogens is 514 g/mol. The van der Waals surface area contributed by atoms with E-state index in [9.17, 15) is 23.4 Å². The molecule has 0 saturated carbocycles. The molecular formula is C30H39N3O5S. The number of aliphatic hydroxyl groups excluding tert-OH is 1. The summed E-state index contributed by atoms with van der Waals surface area (Å²) in [4.78, 5) is 12.6. The molecule has 0 saturated heterocycles. The van der Waals surface area contributed by atoms with Crippen molar-refractivity contribution in [3.05, 3.63) is 95.1 Å². The molecule has 5 N–H and O–H groups in total. The lowest BCUT2D eigenvalue weighted by Crippen LogP contribution is -2.43. The smallest absolute Gasteiger partial charge is 0.229 e. The standard InChI is InChI=1S/C30H39N3O5S/c1-21(24-11-6-5-7-12-24)19-31-29(36)16-22-9-8-10-23(15-22)18-30(2,3)32-20-28(35)25-13-14-27(34)26(17-25)33-39(4,37)38/h5-15,17,21,28,32-35H,16,18-20H2,1-4H3,(H,31,36)/t21?,28-/m0/s1. The van der Waals surface area contributed by atoms with Gasteiger partial charge in [0.15, 0.2) is 0 Å². The van der Waals surface area contributed by atoms with Gasteiger partial charge in [-0.3, -0.25) is 9.52 Å². The molecule has 39 heavy (non-hydrogen) atoms. The average Bonchev–Trinajstić information content (AvgIpc) is 2.87. The van der Waals surface area contributed by atoms with Gasteiger partial charge in [0.05, 0.1) is 24.5 Å². The Kier molecular flexibility index (Phi) is 10.1. The highest BCUT2D eigenvalue weighted by molar-refractivity contribution is 7.92. The normalized spacial score (nSPS) is 13.5. The van der Waals surface area contributed by atoms with E-state index in [2.05, 4.69) is 34.4 Å². The summed E-state index contributed by atoms with van der Waals surface area (Å²) in [5.74, 6) is -0.00850. The molecule has 2 atom stereocenters. The summed E-state index contributed by atoms with van der Waals surface area (Å²) in [5, 5.41) is 27.0. The Morgan fingerprint density at radius 1 is 0.923 bits per heavy atom. The number of sulfonamides is 1. The lowest BCUT2D eigenvalue weighted by Gasteiger charge is -2.28. The molecule has 8 nitrogen and oxygen atoms in total. The summed E-state index contributed by atoms with van der Waals surface area (Å²) >= 11 is 0. The molecule has 0 fully saturated rings. The number of carbonyl (C=O) groups excluding carboxylic acids is 1. The van der Waals surface area contributed by atoms with Crippen molar-refractivity contribution in [2.75, 3.05) is 24.1 Å². The van der Waals surface area contributed by atoms with Gasteiger partial charge in [0.1, 0.15) is 5.75 Å². The fourth-order valence-corrected chi connectivity index (χ4v) is 4.93. The molecule has 0 aliphatic carbocycles. The average molecular weight is 554 g/mol. The third-order valence-corrected chi connectivity index (χ3v) is 7.04. The van der Waals surface area contributed by atoms with Gasteiger partial charge < -0.3 is 20.8 Å². The predicted molar refractivity (Wildman–Crippen MR) is 155 cm³/mol. The van der Waals surface area contributed by atoms with E-state index in [-0.39, 0.29) is 35.3 Å². The highest BCUT2D eigenvalue weighted by Crippen LogP contribution is 2.28. The van der Waals surface area contributed by atoms with Gasteiger partial charge in [-0.2, -0.15) is 0 Å². The quantitative estimate of drug-likeness (QED) is 0.205. The van der Waals surface area contributed by atoms with E-state index in [1.807, 2.05) is 56.3 Å². The number of aliphatic hydroxyl groups is 1. The van der Waals surface area contributed by atoms with Crippen LogP contribution in [0.1, 0.15) is 55.0 Å². The monoisotopic (exact) mass is 553 g/mol. The molecule has 0 heterocycles. The summed E-state index contributed by atoms with van der Waals surface area (Å²) in [6, 6.07) is 22.4. The topological polar surface area (TPSA) is 128 Å². The number of phenolic OH excluding ortho intramolecular Hbond substituents is 1. The van der Waals surface area contributed by atoms with Crippen LogP contribution in [0.2, 0.25) is 0 Å². The molecule has 1 unspecified atom stereocenters. The Hall–Kier alpha value is -3.40. The zero-order valence-electron chi connectivity index (χ0n) is 22.9.